The molecule has 0 saturated carbocycles. The molecule has 0 spiro atoms. The summed E-state index contributed by atoms with van der Waals surface area (Å²) in [5, 5.41) is 3.01. The van der Waals surface area contributed by atoms with Crippen molar-refractivity contribution >= 4 is 23.0 Å². The van der Waals surface area contributed by atoms with Gasteiger partial charge in [-0.15, -0.1) is 0 Å². The molecule has 0 aliphatic heterocycles. The Kier molecular flexibility index (Phi) is 3.28. The zero-order valence-corrected chi connectivity index (χ0v) is 11.2. The number of halogens is 1. The highest BCUT2D eigenvalue weighted by Crippen LogP contribution is 2.25. The maximum Gasteiger partial charge on any atom is 0.180 e. The Morgan fingerprint density at radius 1 is 1.38 bits per heavy atom. The lowest BCUT2D eigenvalue weighted by molar-refractivity contribution is 0.386. The van der Waals surface area contributed by atoms with E-state index in [1.165, 1.54) is 19.2 Å². The minimum absolute atomic E-state index is 0.178. The Morgan fingerprint density at radius 2 is 2.24 bits per heavy atom. The molecule has 3 aromatic rings. The number of rotatable bonds is 4. The highest BCUT2D eigenvalue weighted by Gasteiger charge is 2.09. The van der Waals surface area contributed by atoms with Gasteiger partial charge in [0.25, 0.3) is 0 Å². The van der Waals surface area contributed by atoms with Gasteiger partial charge < -0.3 is 19.9 Å². The third-order valence-electron chi connectivity index (χ3n) is 2.94. The van der Waals surface area contributed by atoms with E-state index in [4.69, 9.17) is 10.6 Å². The first-order valence-electron chi connectivity index (χ1n) is 6.12. The van der Waals surface area contributed by atoms with Gasteiger partial charge in [0.1, 0.15) is 0 Å². The van der Waals surface area contributed by atoms with E-state index in [1.54, 1.807) is 29.1 Å². The van der Waals surface area contributed by atoms with E-state index in [0.717, 1.165) is 0 Å². The lowest BCUT2D eigenvalue weighted by Gasteiger charge is -2.10. The van der Waals surface area contributed by atoms with Crippen LogP contribution in [0.25, 0.3) is 5.65 Å². The standard InChI is InChI=1S/C13H13FN6O/c1-21-10-3-2-8(6-9(10)14)17-12-13-16-4-5-20(13)7-11(18-12)19-15/h2-7,19H,15H2,1H3,(H,17,18). The summed E-state index contributed by atoms with van der Waals surface area (Å²) in [5.41, 5.74) is 3.60. The Labute approximate surface area is 119 Å². The number of imidazole rings is 1. The summed E-state index contributed by atoms with van der Waals surface area (Å²) in [6.07, 6.45) is 5.09. The van der Waals surface area contributed by atoms with E-state index in [9.17, 15) is 4.39 Å². The summed E-state index contributed by atoms with van der Waals surface area (Å²) in [4.78, 5) is 8.47. The number of ether oxygens (including phenoxy) is 1. The molecule has 0 aliphatic carbocycles. The zero-order valence-electron chi connectivity index (χ0n) is 11.2. The largest absolute Gasteiger partial charge is 0.494 e. The monoisotopic (exact) mass is 288 g/mol. The van der Waals surface area contributed by atoms with Gasteiger partial charge in [-0.25, -0.2) is 20.2 Å². The van der Waals surface area contributed by atoms with Gasteiger partial charge in [-0.1, -0.05) is 0 Å². The van der Waals surface area contributed by atoms with Crippen LogP contribution in [0.5, 0.6) is 5.75 Å². The van der Waals surface area contributed by atoms with Crippen LogP contribution in [-0.4, -0.2) is 21.5 Å². The van der Waals surface area contributed by atoms with E-state index in [2.05, 4.69) is 20.7 Å². The van der Waals surface area contributed by atoms with E-state index >= 15 is 0 Å². The number of hydrazine groups is 1. The van der Waals surface area contributed by atoms with Gasteiger partial charge in [0.15, 0.2) is 28.8 Å². The summed E-state index contributed by atoms with van der Waals surface area (Å²) >= 11 is 0. The quantitative estimate of drug-likeness (QED) is 0.502. The van der Waals surface area contributed by atoms with E-state index in [0.29, 0.717) is 23.0 Å². The number of hydrogen-bond donors (Lipinski definition) is 3. The molecular weight excluding hydrogens is 275 g/mol. The van der Waals surface area contributed by atoms with Crippen molar-refractivity contribution in [3.63, 3.8) is 0 Å². The van der Waals surface area contributed by atoms with Crippen LogP contribution in [0.3, 0.4) is 0 Å². The Morgan fingerprint density at radius 3 is 2.95 bits per heavy atom. The molecule has 0 radical (unpaired) electrons. The first-order valence-corrected chi connectivity index (χ1v) is 6.12. The summed E-state index contributed by atoms with van der Waals surface area (Å²) in [7, 11) is 1.41. The first-order chi connectivity index (χ1) is 10.2. The normalized spacial score (nSPS) is 10.6. The Balaban J connectivity index is 2.01. The van der Waals surface area contributed by atoms with Crippen LogP contribution < -0.4 is 21.3 Å². The zero-order chi connectivity index (χ0) is 14.8. The number of nitrogens with zero attached hydrogens (tertiary/aromatic N) is 3. The van der Waals surface area contributed by atoms with Crippen LogP contribution in [0, 0.1) is 5.82 Å². The fraction of sp³-hybridized carbons (Fsp3) is 0.0769. The Bertz CT molecular complexity index is 787. The number of nitrogen functional groups attached to an aromatic ring is 1. The molecule has 0 atom stereocenters. The third-order valence-corrected chi connectivity index (χ3v) is 2.94. The number of fused-ring (bicyclic) bond motifs is 1. The summed E-state index contributed by atoms with van der Waals surface area (Å²) in [5.74, 6) is 6.01. The highest BCUT2D eigenvalue weighted by molar-refractivity contribution is 5.71. The van der Waals surface area contributed by atoms with Crippen molar-refractivity contribution in [2.45, 2.75) is 0 Å². The molecule has 0 aliphatic rings. The van der Waals surface area contributed by atoms with E-state index < -0.39 is 5.82 Å². The van der Waals surface area contributed by atoms with Crippen molar-refractivity contribution < 1.29 is 9.13 Å². The van der Waals surface area contributed by atoms with Crippen molar-refractivity contribution in [3.05, 3.63) is 42.6 Å². The summed E-state index contributed by atoms with van der Waals surface area (Å²) in [6.45, 7) is 0. The molecule has 7 nitrogen and oxygen atoms in total. The second-order valence-corrected chi connectivity index (χ2v) is 4.25. The van der Waals surface area contributed by atoms with Crippen molar-refractivity contribution in [1.82, 2.24) is 14.4 Å². The number of nitrogens with two attached hydrogens (primary N) is 1. The first kappa shape index (κ1) is 13.1. The fourth-order valence-corrected chi connectivity index (χ4v) is 1.97. The molecule has 0 saturated heterocycles. The lowest BCUT2D eigenvalue weighted by Crippen LogP contribution is -2.11. The molecule has 4 N–H and O–H groups in total. The average Bonchev–Trinajstić information content (AvgIpc) is 2.96. The van der Waals surface area contributed by atoms with Crippen molar-refractivity contribution in [2.24, 2.45) is 5.84 Å². The molecule has 0 unspecified atom stereocenters. The number of anilines is 3. The molecule has 3 rings (SSSR count). The van der Waals surface area contributed by atoms with E-state index in [-0.39, 0.29) is 5.75 Å². The van der Waals surface area contributed by atoms with Gasteiger partial charge in [-0.2, -0.15) is 0 Å². The van der Waals surface area contributed by atoms with Crippen LogP contribution in [0.15, 0.2) is 36.8 Å². The highest BCUT2D eigenvalue weighted by atomic mass is 19.1. The predicted molar refractivity (Wildman–Crippen MR) is 77.0 cm³/mol. The van der Waals surface area contributed by atoms with Gasteiger partial charge in [0.05, 0.1) is 13.3 Å². The maximum atomic E-state index is 13.7. The molecule has 21 heavy (non-hydrogen) atoms. The number of methoxy groups -OCH3 is 1. The molecule has 2 heterocycles. The van der Waals surface area contributed by atoms with Crippen molar-refractivity contribution in [1.29, 1.82) is 0 Å². The van der Waals surface area contributed by atoms with Gasteiger partial charge >= 0.3 is 0 Å². The fourth-order valence-electron chi connectivity index (χ4n) is 1.97. The van der Waals surface area contributed by atoms with Crippen molar-refractivity contribution in [3.8, 4) is 5.75 Å². The SMILES string of the molecule is COc1ccc(Nc2nc(NN)cn3ccnc23)cc1F. The minimum Gasteiger partial charge on any atom is -0.494 e. The molecule has 2 aromatic heterocycles. The van der Waals surface area contributed by atoms with Crippen molar-refractivity contribution in [2.75, 3.05) is 17.9 Å². The average molecular weight is 288 g/mol. The number of benzene rings is 1. The summed E-state index contributed by atoms with van der Waals surface area (Å²) < 4.78 is 20.4. The van der Waals surface area contributed by atoms with Gasteiger partial charge in [-0.3, -0.25) is 0 Å². The van der Waals surface area contributed by atoms with Crippen LogP contribution in [0.4, 0.5) is 21.7 Å². The minimum atomic E-state index is -0.463. The second kappa shape index (κ2) is 5.25. The lowest BCUT2D eigenvalue weighted by atomic mass is 10.3. The van der Waals surface area contributed by atoms with E-state index in [1.807, 2.05) is 0 Å². The van der Waals surface area contributed by atoms with Crippen LogP contribution in [0.2, 0.25) is 0 Å². The van der Waals surface area contributed by atoms with Crippen LogP contribution in [0.1, 0.15) is 0 Å². The predicted octanol–water partition coefficient (Wildman–Crippen LogP) is 1.91. The van der Waals surface area contributed by atoms with Gasteiger partial charge in [0.2, 0.25) is 0 Å². The molecule has 0 fully saturated rings. The van der Waals surface area contributed by atoms with Gasteiger partial charge in [-0.05, 0) is 12.1 Å². The third kappa shape index (κ3) is 2.43. The summed E-state index contributed by atoms with van der Waals surface area (Å²) in [6, 6.07) is 4.54. The molecule has 108 valence electrons. The second-order valence-electron chi connectivity index (χ2n) is 4.25. The molecular formula is C13H13FN6O. The molecule has 0 amide bonds. The maximum absolute atomic E-state index is 13.7. The van der Waals surface area contributed by atoms with Gasteiger partial charge in [0, 0.05) is 24.1 Å². The Hall–Kier alpha value is -2.87. The van der Waals surface area contributed by atoms with Crippen LogP contribution >= 0.6 is 0 Å². The number of aromatic nitrogens is 3. The number of nitrogens with one attached hydrogen (secondary N) is 2. The van der Waals surface area contributed by atoms with Crippen LogP contribution in [-0.2, 0) is 0 Å². The topological polar surface area (TPSA) is 89.5 Å². The molecule has 1 aromatic carbocycles. The smallest absolute Gasteiger partial charge is 0.180 e. The number of hydrogen-bond acceptors (Lipinski definition) is 6. The molecule has 8 heteroatoms. The molecule has 0 bridgehead atoms.